The third-order valence-corrected chi connectivity index (χ3v) is 1.80. The summed E-state index contributed by atoms with van der Waals surface area (Å²) in [6.45, 7) is 0.0648. The maximum atomic E-state index is 12.4. The number of rotatable bonds is 9. The molecule has 8 heteroatoms. The lowest BCUT2D eigenvalue weighted by molar-refractivity contribution is -0.285. The average molecular weight is 266 g/mol. The zero-order valence-corrected chi connectivity index (χ0v) is 9.10. The van der Waals surface area contributed by atoms with Crippen LogP contribution in [0.3, 0.4) is 0 Å². The summed E-state index contributed by atoms with van der Waals surface area (Å²) in [5.41, 5.74) is 0. The van der Waals surface area contributed by atoms with E-state index in [-0.39, 0.29) is 39.5 Å². The van der Waals surface area contributed by atoms with E-state index in [2.05, 4.69) is 0 Å². The zero-order valence-electron chi connectivity index (χ0n) is 9.10. The lowest BCUT2D eigenvalue weighted by Crippen LogP contribution is -2.36. The predicted octanol–water partition coefficient (Wildman–Crippen LogP) is 1.99. The van der Waals surface area contributed by atoms with Crippen molar-refractivity contribution in [3.05, 3.63) is 0 Å². The van der Waals surface area contributed by atoms with Crippen molar-refractivity contribution < 1.29 is 36.5 Å². The van der Waals surface area contributed by atoms with Crippen molar-refractivity contribution in [1.29, 1.82) is 0 Å². The first-order valence-electron chi connectivity index (χ1n) is 5.02. The van der Waals surface area contributed by atoms with Crippen molar-refractivity contribution in [2.45, 2.75) is 24.9 Å². The van der Waals surface area contributed by atoms with E-state index in [0.29, 0.717) is 0 Å². The second-order valence-electron chi connectivity index (χ2n) is 3.25. The van der Waals surface area contributed by atoms with Gasteiger partial charge in [0, 0.05) is 13.0 Å². The smallest absolute Gasteiger partial charge is 0.394 e. The zero-order chi connectivity index (χ0) is 13.4. The Morgan fingerprint density at radius 3 is 1.82 bits per heavy atom. The molecule has 0 atom stereocenters. The minimum absolute atomic E-state index is 0.0948. The number of hydrogen-bond donors (Lipinski definition) is 1. The Labute approximate surface area is 95.5 Å². The number of alkyl halides is 5. The van der Waals surface area contributed by atoms with Gasteiger partial charge in [-0.25, -0.2) is 0 Å². The van der Waals surface area contributed by atoms with Crippen molar-refractivity contribution in [3.63, 3.8) is 0 Å². The van der Waals surface area contributed by atoms with Crippen LogP contribution < -0.4 is 0 Å². The molecule has 0 heterocycles. The summed E-state index contributed by atoms with van der Waals surface area (Å²) in [4.78, 5) is 0. The van der Waals surface area contributed by atoms with Crippen LogP contribution in [0, 0.1) is 0 Å². The molecular weight excluding hydrogens is 251 g/mol. The molecule has 0 saturated heterocycles. The first-order valence-corrected chi connectivity index (χ1v) is 5.02. The van der Waals surface area contributed by atoms with Crippen LogP contribution in [0.5, 0.6) is 0 Å². The van der Waals surface area contributed by atoms with Gasteiger partial charge in [-0.05, 0) is 6.42 Å². The van der Waals surface area contributed by atoms with E-state index in [1.807, 2.05) is 0 Å². The molecule has 0 amide bonds. The number of halogens is 5. The lowest BCUT2D eigenvalue weighted by atomic mass is 10.2. The highest BCUT2D eigenvalue weighted by Crippen LogP contribution is 2.38. The largest absolute Gasteiger partial charge is 0.453 e. The van der Waals surface area contributed by atoms with Gasteiger partial charge < -0.3 is 14.6 Å². The van der Waals surface area contributed by atoms with Crippen molar-refractivity contribution in [3.8, 4) is 0 Å². The Morgan fingerprint density at radius 2 is 1.35 bits per heavy atom. The average Bonchev–Trinajstić information content (AvgIpc) is 2.20. The molecule has 3 nitrogen and oxygen atoms in total. The Kier molecular flexibility index (Phi) is 7.56. The van der Waals surface area contributed by atoms with Crippen molar-refractivity contribution in [2.24, 2.45) is 0 Å². The second kappa shape index (κ2) is 7.78. The molecule has 1 N–H and O–H groups in total. The summed E-state index contributed by atoms with van der Waals surface area (Å²) in [5.74, 6) is -4.66. The molecule has 104 valence electrons. The molecule has 0 rings (SSSR count). The Hall–Kier alpha value is -0.470. The molecule has 0 unspecified atom stereocenters. The molecule has 0 aliphatic carbocycles. The van der Waals surface area contributed by atoms with E-state index in [0.717, 1.165) is 0 Å². The molecule has 0 saturated carbocycles. The van der Waals surface area contributed by atoms with Crippen LogP contribution in [-0.4, -0.2) is 50.2 Å². The number of aliphatic hydroxyl groups is 1. The van der Waals surface area contributed by atoms with Crippen molar-refractivity contribution in [1.82, 2.24) is 0 Å². The predicted molar refractivity (Wildman–Crippen MR) is 49.0 cm³/mol. The molecular formula is C9H15F5O3. The summed E-state index contributed by atoms with van der Waals surface area (Å²) >= 11 is 0. The highest BCUT2D eigenvalue weighted by Gasteiger charge is 2.56. The Morgan fingerprint density at radius 1 is 0.824 bits per heavy atom. The molecule has 0 spiro atoms. The molecule has 0 bridgehead atoms. The van der Waals surface area contributed by atoms with Crippen molar-refractivity contribution >= 4 is 0 Å². The Balaban J connectivity index is 3.46. The second-order valence-corrected chi connectivity index (χ2v) is 3.25. The van der Waals surface area contributed by atoms with E-state index in [1.54, 1.807) is 0 Å². The SMILES string of the molecule is OCCOCCOCCCC(F)(F)C(F)(F)F. The summed E-state index contributed by atoms with van der Waals surface area (Å²) < 4.78 is 69.4. The van der Waals surface area contributed by atoms with Crippen LogP contribution in [0.25, 0.3) is 0 Å². The summed E-state index contributed by atoms with van der Waals surface area (Å²) in [5, 5.41) is 8.32. The van der Waals surface area contributed by atoms with Crippen LogP contribution >= 0.6 is 0 Å². The standard InChI is InChI=1S/C9H15F5O3/c10-8(11,9(12,13)14)2-1-4-16-6-7-17-5-3-15/h15H,1-7H2. The van der Waals surface area contributed by atoms with Gasteiger partial charge in [-0.2, -0.15) is 22.0 Å². The van der Waals surface area contributed by atoms with Gasteiger partial charge in [0.15, 0.2) is 0 Å². The molecule has 0 aliphatic heterocycles. The third-order valence-electron chi connectivity index (χ3n) is 1.80. The molecule has 17 heavy (non-hydrogen) atoms. The van der Waals surface area contributed by atoms with Crippen molar-refractivity contribution in [2.75, 3.05) is 33.0 Å². The first-order chi connectivity index (χ1) is 7.81. The fourth-order valence-electron chi connectivity index (χ4n) is 0.925. The number of ether oxygens (including phenoxy) is 2. The molecule has 0 aromatic carbocycles. The van der Waals surface area contributed by atoms with Crippen LogP contribution in [0.1, 0.15) is 12.8 Å². The quantitative estimate of drug-likeness (QED) is 0.512. The summed E-state index contributed by atoms with van der Waals surface area (Å²) in [7, 11) is 0. The molecule has 0 aliphatic rings. The highest BCUT2D eigenvalue weighted by atomic mass is 19.4. The van der Waals surface area contributed by atoms with Gasteiger partial charge >= 0.3 is 12.1 Å². The third kappa shape index (κ3) is 7.45. The van der Waals surface area contributed by atoms with Gasteiger partial charge in [0.1, 0.15) is 0 Å². The lowest BCUT2D eigenvalue weighted by Gasteiger charge is -2.19. The van der Waals surface area contributed by atoms with Crippen LogP contribution in [0.4, 0.5) is 22.0 Å². The van der Waals surface area contributed by atoms with E-state index >= 15 is 0 Å². The van der Waals surface area contributed by atoms with E-state index in [4.69, 9.17) is 14.6 Å². The van der Waals surface area contributed by atoms with Gasteiger partial charge in [0.2, 0.25) is 0 Å². The van der Waals surface area contributed by atoms with Crippen LogP contribution in [-0.2, 0) is 9.47 Å². The number of hydrogen-bond acceptors (Lipinski definition) is 3. The molecule has 0 aromatic rings. The van der Waals surface area contributed by atoms with Crippen LogP contribution in [0.2, 0.25) is 0 Å². The van der Waals surface area contributed by atoms with Gasteiger partial charge in [-0.3, -0.25) is 0 Å². The topological polar surface area (TPSA) is 38.7 Å². The first kappa shape index (κ1) is 16.5. The molecule has 0 aromatic heterocycles. The van der Waals surface area contributed by atoms with E-state index in [9.17, 15) is 22.0 Å². The normalized spacial score (nSPS) is 13.1. The number of aliphatic hydroxyl groups excluding tert-OH is 1. The molecule has 0 radical (unpaired) electrons. The Bertz CT molecular complexity index is 196. The maximum absolute atomic E-state index is 12.4. The minimum atomic E-state index is -5.50. The van der Waals surface area contributed by atoms with Gasteiger partial charge in [-0.15, -0.1) is 0 Å². The van der Waals surface area contributed by atoms with E-state index in [1.165, 1.54) is 0 Å². The monoisotopic (exact) mass is 266 g/mol. The summed E-state index contributed by atoms with van der Waals surface area (Å²) in [6.07, 6.45) is -7.17. The van der Waals surface area contributed by atoms with E-state index < -0.39 is 18.5 Å². The van der Waals surface area contributed by atoms with Crippen LogP contribution in [0.15, 0.2) is 0 Å². The fraction of sp³-hybridized carbons (Fsp3) is 1.00. The fourth-order valence-corrected chi connectivity index (χ4v) is 0.925. The summed E-state index contributed by atoms with van der Waals surface area (Å²) in [6, 6.07) is 0. The minimum Gasteiger partial charge on any atom is -0.394 e. The maximum Gasteiger partial charge on any atom is 0.453 e. The molecule has 0 fully saturated rings. The van der Waals surface area contributed by atoms with Gasteiger partial charge in [0.05, 0.1) is 26.4 Å². The highest BCUT2D eigenvalue weighted by molar-refractivity contribution is 4.75. The van der Waals surface area contributed by atoms with Gasteiger partial charge in [-0.1, -0.05) is 0 Å². The van der Waals surface area contributed by atoms with Gasteiger partial charge in [0.25, 0.3) is 0 Å².